The van der Waals surface area contributed by atoms with Gasteiger partial charge < -0.3 is 10.2 Å². The highest BCUT2D eigenvalue weighted by Gasteiger charge is 2.33. The summed E-state index contributed by atoms with van der Waals surface area (Å²) in [4.78, 5) is 28.3. The molecule has 0 spiro atoms. The third kappa shape index (κ3) is 6.09. The second-order valence-electron chi connectivity index (χ2n) is 7.39. The first kappa shape index (κ1) is 24.7. The Balaban J connectivity index is 1.54. The molecule has 1 saturated heterocycles. The number of carbonyl (C=O) groups is 2. The van der Waals surface area contributed by atoms with Gasteiger partial charge in [0.25, 0.3) is 5.91 Å². The smallest absolute Gasteiger partial charge is 0.336 e. The number of para-hydroxylation sites is 1. The lowest BCUT2D eigenvalue weighted by molar-refractivity contribution is -0.137. The number of nitrogens with zero attached hydrogens (tertiary/aromatic N) is 2. The molecule has 0 aromatic heterocycles. The van der Waals surface area contributed by atoms with Crippen LogP contribution in [-0.4, -0.2) is 69.8 Å². The Bertz CT molecular complexity index is 1110. The van der Waals surface area contributed by atoms with Crippen LogP contribution in [0.25, 0.3) is 0 Å². The number of amides is 2. The largest absolute Gasteiger partial charge is 0.418 e. The molecular weight excluding hydrogens is 461 g/mol. The molecule has 3 rings (SSSR count). The van der Waals surface area contributed by atoms with Gasteiger partial charge in [0, 0.05) is 31.7 Å². The molecule has 0 radical (unpaired) electrons. The van der Waals surface area contributed by atoms with Crippen LogP contribution < -0.4 is 10.0 Å². The fourth-order valence-electron chi connectivity index (χ4n) is 3.42. The highest BCUT2D eigenvalue weighted by Crippen LogP contribution is 2.34. The lowest BCUT2D eigenvalue weighted by Gasteiger charge is -2.34. The zero-order valence-electron chi connectivity index (χ0n) is 17.7. The van der Waals surface area contributed by atoms with Crippen LogP contribution >= 0.6 is 0 Å². The van der Waals surface area contributed by atoms with Crippen LogP contribution in [0.3, 0.4) is 0 Å². The Hall–Kier alpha value is -2.96. The molecule has 33 heavy (non-hydrogen) atoms. The molecule has 1 aliphatic heterocycles. The second-order valence-corrected chi connectivity index (χ2v) is 9.28. The van der Waals surface area contributed by atoms with E-state index < -0.39 is 27.7 Å². The molecule has 1 fully saturated rings. The quantitative estimate of drug-likeness (QED) is 0.654. The second kappa shape index (κ2) is 9.89. The van der Waals surface area contributed by atoms with Crippen molar-refractivity contribution in [3.8, 4) is 0 Å². The Morgan fingerprint density at radius 1 is 0.970 bits per heavy atom. The fourth-order valence-corrected chi connectivity index (χ4v) is 4.15. The zero-order valence-corrected chi connectivity index (χ0v) is 18.5. The van der Waals surface area contributed by atoms with Gasteiger partial charge >= 0.3 is 6.18 Å². The van der Waals surface area contributed by atoms with Gasteiger partial charge in [-0.05, 0) is 43.4 Å². The summed E-state index contributed by atoms with van der Waals surface area (Å²) in [6.07, 6.45) is -4.58. The summed E-state index contributed by atoms with van der Waals surface area (Å²) in [6.45, 7) is 1.27. The fraction of sp³-hybridized carbons (Fsp3) is 0.333. The third-order valence-electron chi connectivity index (χ3n) is 5.21. The van der Waals surface area contributed by atoms with Crippen LogP contribution in [0.4, 0.5) is 18.9 Å². The van der Waals surface area contributed by atoms with Crippen molar-refractivity contribution in [1.29, 1.82) is 0 Å². The van der Waals surface area contributed by atoms with Crippen LogP contribution in [0.15, 0.2) is 53.4 Å². The van der Waals surface area contributed by atoms with E-state index in [4.69, 9.17) is 0 Å². The Labute approximate surface area is 189 Å². The number of alkyl halides is 3. The summed E-state index contributed by atoms with van der Waals surface area (Å²) in [7, 11) is -2.30. The molecule has 1 aliphatic rings. The van der Waals surface area contributed by atoms with Crippen LogP contribution in [0, 0.1) is 0 Å². The number of halogens is 3. The lowest BCUT2D eigenvalue weighted by atomic mass is 10.1. The lowest BCUT2D eigenvalue weighted by Crippen LogP contribution is -2.50. The molecule has 12 heteroatoms. The minimum Gasteiger partial charge on any atom is -0.336 e. The van der Waals surface area contributed by atoms with Gasteiger partial charge in [0.2, 0.25) is 15.9 Å². The predicted octanol–water partition coefficient (Wildman–Crippen LogP) is 2.01. The third-order valence-corrected chi connectivity index (χ3v) is 6.64. The number of benzene rings is 2. The first-order chi connectivity index (χ1) is 15.5. The molecule has 2 amide bonds. The molecule has 178 valence electrons. The molecule has 0 atom stereocenters. The predicted molar refractivity (Wildman–Crippen MR) is 115 cm³/mol. The maximum Gasteiger partial charge on any atom is 0.418 e. The molecule has 2 N–H and O–H groups in total. The molecule has 0 aliphatic carbocycles. The van der Waals surface area contributed by atoms with Gasteiger partial charge in [-0.2, -0.15) is 13.2 Å². The Morgan fingerprint density at radius 2 is 1.58 bits per heavy atom. The molecule has 0 unspecified atom stereocenters. The number of piperazine rings is 1. The van der Waals surface area contributed by atoms with Crippen LogP contribution in [0.1, 0.15) is 15.9 Å². The maximum absolute atomic E-state index is 13.1. The summed E-state index contributed by atoms with van der Waals surface area (Å²) in [5.74, 6) is -0.848. The number of carbonyl (C=O) groups excluding carboxylic acids is 2. The van der Waals surface area contributed by atoms with Gasteiger partial charge in [0.1, 0.15) is 0 Å². The maximum atomic E-state index is 13.1. The molecular formula is C21H23F3N4O4S. The SMILES string of the molecule is CNS(=O)(=O)c1ccc(C(=O)N2CCN(CC(=O)Nc3ccccc3C(F)(F)F)CC2)cc1. The summed E-state index contributed by atoms with van der Waals surface area (Å²) >= 11 is 0. The van der Waals surface area contributed by atoms with Crippen LogP contribution in [-0.2, 0) is 21.0 Å². The number of hydrogen-bond donors (Lipinski definition) is 2. The topological polar surface area (TPSA) is 98.8 Å². The molecule has 8 nitrogen and oxygen atoms in total. The van der Waals surface area contributed by atoms with Gasteiger partial charge in [0.15, 0.2) is 0 Å². The minimum atomic E-state index is -4.58. The average Bonchev–Trinajstić information content (AvgIpc) is 2.79. The molecule has 2 aromatic rings. The highest BCUT2D eigenvalue weighted by molar-refractivity contribution is 7.89. The van der Waals surface area contributed by atoms with Crippen LogP contribution in [0.2, 0.25) is 0 Å². The van der Waals surface area contributed by atoms with Crippen molar-refractivity contribution < 1.29 is 31.2 Å². The van der Waals surface area contributed by atoms with Crippen molar-refractivity contribution in [2.24, 2.45) is 0 Å². The van der Waals surface area contributed by atoms with Gasteiger partial charge in [-0.3, -0.25) is 14.5 Å². The van der Waals surface area contributed by atoms with Gasteiger partial charge in [-0.1, -0.05) is 12.1 Å². The van der Waals surface area contributed by atoms with E-state index in [-0.39, 0.29) is 23.0 Å². The minimum absolute atomic E-state index is 0.0458. The number of rotatable bonds is 6. The first-order valence-electron chi connectivity index (χ1n) is 10.0. The van der Waals surface area contributed by atoms with Gasteiger partial charge in [0.05, 0.1) is 22.7 Å². The molecule has 0 saturated carbocycles. The molecule has 2 aromatic carbocycles. The zero-order chi connectivity index (χ0) is 24.2. The van der Waals surface area contributed by atoms with Gasteiger partial charge in [-0.25, -0.2) is 13.1 Å². The van der Waals surface area contributed by atoms with E-state index in [1.807, 2.05) is 0 Å². The van der Waals surface area contributed by atoms with Crippen molar-refractivity contribution in [2.75, 3.05) is 45.1 Å². The first-order valence-corrected chi connectivity index (χ1v) is 11.5. The number of hydrogen-bond acceptors (Lipinski definition) is 5. The van der Waals surface area contributed by atoms with E-state index in [2.05, 4.69) is 10.0 Å². The molecule has 0 bridgehead atoms. The normalized spacial score (nSPS) is 15.3. The highest BCUT2D eigenvalue weighted by atomic mass is 32.2. The van der Waals surface area contributed by atoms with Crippen LogP contribution in [0.5, 0.6) is 0 Å². The van der Waals surface area contributed by atoms with E-state index in [0.29, 0.717) is 31.7 Å². The van der Waals surface area contributed by atoms with E-state index in [9.17, 15) is 31.2 Å². The van der Waals surface area contributed by atoms with E-state index >= 15 is 0 Å². The molecule has 1 heterocycles. The Kier molecular flexibility index (Phi) is 7.40. The van der Waals surface area contributed by atoms with Crippen molar-refractivity contribution in [3.05, 3.63) is 59.7 Å². The van der Waals surface area contributed by atoms with Crippen molar-refractivity contribution in [3.63, 3.8) is 0 Å². The summed E-state index contributed by atoms with van der Waals surface area (Å²) in [5, 5.41) is 2.31. The van der Waals surface area contributed by atoms with E-state index in [1.165, 1.54) is 49.5 Å². The van der Waals surface area contributed by atoms with Gasteiger partial charge in [-0.15, -0.1) is 0 Å². The Morgan fingerprint density at radius 3 is 2.15 bits per heavy atom. The number of anilines is 1. The van der Waals surface area contributed by atoms with E-state index in [1.54, 1.807) is 9.80 Å². The average molecular weight is 485 g/mol. The van der Waals surface area contributed by atoms with Crippen molar-refractivity contribution >= 4 is 27.5 Å². The standard InChI is InChI=1S/C21H23F3N4O4S/c1-25-33(31,32)16-8-6-15(7-9-16)20(30)28-12-10-27(11-13-28)14-19(29)26-18-5-3-2-4-17(18)21(22,23)24/h2-9,25H,10-14H2,1H3,(H,26,29). The van der Waals surface area contributed by atoms with E-state index in [0.717, 1.165) is 6.07 Å². The van der Waals surface area contributed by atoms with Crippen molar-refractivity contribution in [1.82, 2.24) is 14.5 Å². The summed E-state index contributed by atoms with van der Waals surface area (Å²) in [5.41, 5.74) is -0.880. The summed E-state index contributed by atoms with van der Waals surface area (Å²) < 4.78 is 65.0. The monoisotopic (exact) mass is 484 g/mol. The number of nitrogens with one attached hydrogen (secondary N) is 2. The summed E-state index contributed by atoms with van der Waals surface area (Å²) in [6, 6.07) is 10.3. The van der Waals surface area contributed by atoms with Crippen molar-refractivity contribution in [2.45, 2.75) is 11.1 Å². The number of sulfonamides is 1.